The van der Waals surface area contributed by atoms with Crippen molar-refractivity contribution in [2.24, 2.45) is 17.8 Å². The number of aliphatic hydroxyl groups excluding tert-OH is 1. The van der Waals surface area contributed by atoms with Gasteiger partial charge in [0.1, 0.15) is 0 Å². The van der Waals surface area contributed by atoms with Crippen molar-refractivity contribution < 1.29 is 5.11 Å². The van der Waals surface area contributed by atoms with Gasteiger partial charge in [-0.15, -0.1) is 5.10 Å². The highest BCUT2D eigenvalue weighted by Crippen LogP contribution is 2.52. The average molecular weight is 249 g/mol. The maximum absolute atomic E-state index is 9.34. The minimum absolute atomic E-state index is 0.0130. The SMILES string of the molecule is CC(C)(C)n1nnc2c1CC[C@H]1[C@@H](CO)[C@H]1CC2. The summed E-state index contributed by atoms with van der Waals surface area (Å²) in [6.45, 7) is 6.90. The molecule has 0 aromatic carbocycles. The molecule has 18 heavy (non-hydrogen) atoms. The van der Waals surface area contributed by atoms with E-state index in [-0.39, 0.29) is 5.54 Å². The molecule has 2 aliphatic carbocycles. The number of aromatic nitrogens is 3. The van der Waals surface area contributed by atoms with Crippen LogP contribution in [0.2, 0.25) is 0 Å². The van der Waals surface area contributed by atoms with Gasteiger partial charge in [-0.3, -0.25) is 0 Å². The van der Waals surface area contributed by atoms with Gasteiger partial charge in [-0.2, -0.15) is 0 Å². The summed E-state index contributed by atoms with van der Waals surface area (Å²) >= 11 is 0. The molecule has 4 nitrogen and oxygen atoms in total. The standard InChI is InChI=1S/C14H23N3O/c1-14(2,3)17-13-7-5-10-9(11(10)8-18)4-6-12(13)15-16-17/h9-11,18H,4-8H2,1-3H3/t9-,10+,11-/m0/s1. The lowest BCUT2D eigenvalue weighted by atomic mass is 10.00. The molecule has 0 spiro atoms. The smallest absolute Gasteiger partial charge is 0.0859 e. The molecular formula is C14H23N3O. The van der Waals surface area contributed by atoms with Crippen LogP contribution in [-0.2, 0) is 18.4 Å². The van der Waals surface area contributed by atoms with Gasteiger partial charge in [0.15, 0.2) is 0 Å². The molecule has 1 fully saturated rings. The van der Waals surface area contributed by atoms with Gasteiger partial charge >= 0.3 is 0 Å². The van der Waals surface area contributed by atoms with Gasteiger partial charge in [0, 0.05) is 6.61 Å². The molecule has 1 N–H and O–H groups in total. The molecular weight excluding hydrogens is 226 g/mol. The lowest BCUT2D eigenvalue weighted by molar-refractivity contribution is 0.261. The maximum Gasteiger partial charge on any atom is 0.0859 e. The zero-order valence-corrected chi connectivity index (χ0v) is 11.6. The molecule has 0 amide bonds. The van der Waals surface area contributed by atoms with E-state index in [0.717, 1.165) is 24.7 Å². The van der Waals surface area contributed by atoms with E-state index in [0.29, 0.717) is 12.5 Å². The number of aliphatic hydroxyl groups is 1. The number of hydrogen-bond acceptors (Lipinski definition) is 3. The van der Waals surface area contributed by atoms with Crippen LogP contribution in [0, 0.1) is 17.8 Å². The third-order valence-electron chi connectivity index (χ3n) is 4.63. The van der Waals surface area contributed by atoms with Crippen molar-refractivity contribution >= 4 is 0 Å². The number of aryl methyl sites for hydroxylation is 1. The van der Waals surface area contributed by atoms with Gasteiger partial charge in [0.25, 0.3) is 0 Å². The first-order chi connectivity index (χ1) is 8.52. The molecule has 1 heterocycles. The first-order valence-corrected chi connectivity index (χ1v) is 7.07. The highest BCUT2D eigenvalue weighted by atomic mass is 16.3. The molecule has 1 aromatic rings. The molecule has 4 heteroatoms. The van der Waals surface area contributed by atoms with E-state index >= 15 is 0 Å². The predicted molar refractivity (Wildman–Crippen MR) is 69.2 cm³/mol. The van der Waals surface area contributed by atoms with Crippen molar-refractivity contribution in [3.05, 3.63) is 11.4 Å². The van der Waals surface area contributed by atoms with Crippen LogP contribution < -0.4 is 0 Å². The summed E-state index contributed by atoms with van der Waals surface area (Å²) in [5.41, 5.74) is 2.52. The Hall–Kier alpha value is -0.900. The third-order valence-corrected chi connectivity index (χ3v) is 4.63. The van der Waals surface area contributed by atoms with E-state index in [1.165, 1.54) is 24.2 Å². The fraction of sp³-hybridized carbons (Fsp3) is 0.857. The minimum atomic E-state index is 0.0130. The quantitative estimate of drug-likeness (QED) is 0.825. The first kappa shape index (κ1) is 12.2. The second kappa shape index (κ2) is 4.05. The highest BCUT2D eigenvalue weighted by Gasteiger charge is 2.49. The average Bonchev–Trinajstić information content (AvgIpc) is 2.76. The van der Waals surface area contributed by atoms with E-state index in [1.807, 2.05) is 0 Å². The fourth-order valence-corrected chi connectivity index (χ4v) is 3.57. The van der Waals surface area contributed by atoms with Crippen LogP contribution in [0.5, 0.6) is 0 Å². The fourth-order valence-electron chi connectivity index (χ4n) is 3.57. The van der Waals surface area contributed by atoms with Crippen molar-refractivity contribution in [3.8, 4) is 0 Å². The zero-order valence-electron chi connectivity index (χ0n) is 11.6. The summed E-state index contributed by atoms with van der Waals surface area (Å²) in [4.78, 5) is 0. The van der Waals surface area contributed by atoms with E-state index < -0.39 is 0 Å². The Morgan fingerprint density at radius 2 is 1.89 bits per heavy atom. The van der Waals surface area contributed by atoms with Gasteiger partial charge < -0.3 is 5.11 Å². The Balaban J connectivity index is 1.85. The Morgan fingerprint density at radius 1 is 1.22 bits per heavy atom. The molecule has 3 atom stereocenters. The van der Waals surface area contributed by atoms with Gasteiger partial charge in [0.05, 0.1) is 16.9 Å². The molecule has 0 unspecified atom stereocenters. The Bertz CT molecular complexity index is 446. The molecule has 0 bridgehead atoms. The van der Waals surface area contributed by atoms with Crippen LogP contribution in [0.15, 0.2) is 0 Å². The van der Waals surface area contributed by atoms with Crippen molar-refractivity contribution in [1.82, 2.24) is 15.0 Å². The van der Waals surface area contributed by atoms with Crippen LogP contribution in [0.3, 0.4) is 0 Å². The number of hydrogen-bond donors (Lipinski definition) is 1. The van der Waals surface area contributed by atoms with Crippen LogP contribution in [0.4, 0.5) is 0 Å². The van der Waals surface area contributed by atoms with E-state index in [4.69, 9.17) is 0 Å². The minimum Gasteiger partial charge on any atom is -0.396 e. The first-order valence-electron chi connectivity index (χ1n) is 7.07. The second-order valence-corrected chi connectivity index (χ2v) is 6.82. The summed E-state index contributed by atoms with van der Waals surface area (Å²) < 4.78 is 2.10. The molecule has 1 aromatic heterocycles. The van der Waals surface area contributed by atoms with Gasteiger partial charge in [-0.25, -0.2) is 4.68 Å². The molecule has 3 rings (SSSR count). The lowest BCUT2D eigenvalue weighted by Crippen LogP contribution is -2.26. The zero-order chi connectivity index (χ0) is 12.9. The van der Waals surface area contributed by atoms with Gasteiger partial charge in [-0.1, -0.05) is 5.21 Å². The Morgan fingerprint density at radius 3 is 2.50 bits per heavy atom. The van der Waals surface area contributed by atoms with Crippen molar-refractivity contribution in [2.75, 3.05) is 6.61 Å². The number of rotatable bonds is 1. The van der Waals surface area contributed by atoms with Crippen LogP contribution in [0.1, 0.15) is 45.0 Å². The Labute approximate surface area is 108 Å². The number of fused-ring (bicyclic) bond motifs is 2. The largest absolute Gasteiger partial charge is 0.396 e. The predicted octanol–water partition coefficient (Wildman–Crippen LogP) is 1.77. The maximum atomic E-state index is 9.34. The normalized spacial score (nSPS) is 31.2. The summed E-state index contributed by atoms with van der Waals surface area (Å²) in [5.74, 6) is 2.04. The third kappa shape index (κ3) is 1.87. The van der Waals surface area contributed by atoms with Crippen LogP contribution in [0.25, 0.3) is 0 Å². The van der Waals surface area contributed by atoms with E-state index in [9.17, 15) is 5.11 Å². The second-order valence-electron chi connectivity index (χ2n) is 6.82. The van der Waals surface area contributed by atoms with Crippen LogP contribution in [-0.4, -0.2) is 26.7 Å². The van der Waals surface area contributed by atoms with Crippen molar-refractivity contribution in [2.45, 2.75) is 52.0 Å². The molecule has 0 aliphatic heterocycles. The summed E-state index contributed by atoms with van der Waals surface area (Å²) in [5, 5.41) is 18.1. The monoisotopic (exact) mass is 249 g/mol. The summed E-state index contributed by atoms with van der Waals surface area (Å²) in [7, 11) is 0. The molecule has 2 aliphatic rings. The van der Waals surface area contributed by atoms with E-state index in [2.05, 4.69) is 35.8 Å². The van der Waals surface area contributed by atoms with Gasteiger partial charge in [0.2, 0.25) is 0 Å². The van der Waals surface area contributed by atoms with Gasteiger partial charge in [-0.05, 0) is 64.2 Å². The highest BCUT2D eigenvalue weighted by molar-refractivity contribution is 5.16. The molecule has 1 saturated carbocycles. The lowest BCUT2D eigenvalue weighted by Gasteiger charge is -2.22. The summed E-state index contributed by atoms with van der Waals surface area (Å²) in [6, 6.07) is 0. The van der Waals surface area contributed by atoms with Crippen LogP contribution >= 0.6 is 0 Å². The molecule has 0 radical (unpaired) electrons. The van der Waals surface area contributed by atoms with Crippen molar-refractivity contribution in [1.29, 1.82) is 0 Å². The van der Waals surface area contributed by atoms with Crippen molar-refractivity contribution in [3.63, 3.8) is 0 Å². The molecule has 100 valence electrons. The topological polar surface area (TPSA) is 50.9 Å². The summed E-state index contributed by atoms with van der Waals surface area (Å²) in [6.07, 6.45) is 4.46. The number of nitrogens with zero attached hydrogens (tertiary/aromatic N) is 3. The Kier molecular flexibility index (Phi) is 2.73. The van der Waals surface area contributed by atoms with E-state index in [1.54, 1.807) is 0 Å². The molecule has 0 saturated heterocycles.